The van der Waals surface area contributed by atoms with Gasteiger partial charge in [-0.05, 0) is 37.5 Å². The highest BCUT2D eigenvalue weighted by atomic mass is 15.3. The fourth-order valence-electron chi connectivity index (χ4n) is 3.33. The molecular weight excluding hydrogens is 276 g/mol. The minimum absolute atomic E-state index is 0.467. The largest absolute Gasteiger partial charge is 0.356 e. The molecule has 0 amide bonds. The lowest BCUT2D eigenvalue weighted by atomic mass is 9.64. The van der Waals surface area contributed by atoms with Crippen molar-refractivity contribution in [3.8, 4) is 0 Å². The Morgan fingerprint density at radius 3 is 2.73 bits per heavy atom. The van der Waals surface area contributed by atoms with Gasteiger partial charge < -0.3 is 15.2 Å². The SMILES string of the molecule is CCn1cnnc1CNC(=NC)NCC1(CC(C)C)CCC1. The third-order valence-corrected chi connectivity index (χ3v) is 4.56. The molecule has 124 valence electrons. The van der Waals surface area contributed by atoms with Crippen molar-refractivity contribution in [1.82, 2.24) is 25.4 Å². The van der Waals surface area contributed by atoms with E-state index in [-0.39, 0.29) is 0 Å². The second kappa shape index (κ2) is 7.61. The third-order valence-electron chi connectivity index (χ3n) is 4.56. The zero-order valence-electron chi connectivity index (χ0n) is 14.4. The van der Waals surface area contributed by atoms with E-state index in [0.717, 1.165) is 30.8 Å². The molecule has 1 aromatic rings. The van der Waals surface area contributed by atoms with Gasteiger partial charge in [0.05, 0.1) is 6.54 Å². The van der Waals surface area contributed by atoms with Gasteiger partial charge >= 0.3 is 0 Å². The smallest absolute Gasteiger partial charge is 0.191 e. The van der Waals surface area contributed by atoms with Crippen molar-refractivity contribution in [3.05, 3.63) is 12.2 Å². The van der Waals surface area contributed by atoms with E-state index in [4.69, 9.17) is 0 Å². The van der Waals surface area contributed by atoms with Gasteiger partial charge in [-0.1, -0.05) is 20.3 Å². The Balaban J connectivity index is 1.82. The van der Waals surface area contributed by atoms with E-state index in [2.05, 4.69) is 46.6 Å². The number of hydrogen-bond acceptors (Lipinski definition) is 3. The van der Waals surface area contributed by atoms with Crippen LogP contribution in [-0.4, -0.2) is 34.3 Å². The predicted molar refractivity (Wildman–Crippen MR) is 89.6 cm³/mol. The van der Waals surface area contributed by atoms with Crippen molar-refractivity contribution in [1.29, 1.82) is 0 Å². The van der Waals surface area contributed by atoms with Gasteiger partial charge in [0.25, 0.3) is 0 Å². The Hall–Kier alpha value is -1.59. The number of nitrogens with one attached hydrogen (secondary N) is 2. The van der Waals surface area contributed by atoms with Crippen LogP contribution < -0.4 is 10.6 Å². The van der Waals surface area contributed by atoms with Crippen LogP contribution in [0.5, 0.6) is 0 Å². The maximum absolute atomic E-state index is 4.32. The number of guanidine groups is 1. The summed E-state index contributed by atoms with van der Waals surface area (Å²) in [5, 5.41) is 14.9. The highest BCUT2D eigenvalue weighted by Crippen LogP contribution is 2.45. The van der Waals surface area contributed by atoms with Crippen molar-refractivity contribution in [2.24, 2.45) is 16.3 Å². The van der Waals surface area contributed by atoms with Gasteiger partial charge in [-0.15, -0.1) is 10.2 Å². The van der Waals surface area contributed by atoms with Gasteiger partial charge in [0.1, 0.15) is 6.33 Å². The molecule has 6 heteroatoms. The summed E-state index contributed by atoms with van der Waals surface area (Å²) in [4.78, 5) is 4.32. The van der Waals surface area contributed by atoms with Gasteiger partial charge in [0.2, 0.25) is 0 Å². The summed E-state index contributed by atoms with van der Waals surface area (Å²) in [6, 6.07) is 0. The Bertz CT molecular complexity index is 487. The molecule has 0 bridgehead atoms. The number of nitrogens with zero attached hydrogens (tertiary/aromatic N) is 4. The molecule has 0 spiro atoms. The van der Waals surface area contributed by atoms with Crippen LogP contribution in [-0.2, 0) is 13.1 Å². The number of aryl methyl sites for hydroxylation is 1. The zero-order valence-corrected chi connectivity index (χ0v) is 14.4. The zero-order chi connectivity index (χ0) is 16.0. The first-order valence-electron chi connectivity index (χ1n) is 8.40. The maximum Gasteiger partial charge on any atom is 0.191 e. The lowest BCUT2D eigenvalue weighted by Crippen LogP contribution is -2.47. The van der Waals surface area contributed by atoms with Gasteiger partial charge in [-0.25, -0.2) is 0 Å². The predicted octanol–water partition coefficient (Wildman–Crippen LogP) is 2.18. The number of aliphatic imine (C=N–C) groups is 1. The van der Waals surface area contributed by atoms with Crippen molar-refractivity contribution in [2.45, 2.75) is 59.5 Å². The fraction of sp³-hybridized carbons (Fsp3) is 0.812. The molecule has 1 heterocycles. The molecule has 2 rings (SSSR count). The second-order valence-electron chi connectivity index (χ2n) is 6.76. The first-order chi connectivity index (χ1) is 10.6. The standard InChI is InChI=1S/C16H30N6/c1-5-22-12-20-21-14(22)10-18-15(17-4)19-11-16(7-6-8-16)9-13(2)3/h12-13H,5-11H2,1-4H3,(H2,17,18,19). The van der Waals surface area contributed by atoms with Crippen LogP contribution in [0.3, 0.4) is 0 Å². The highest BCUT2D eigenvalue weighted by Gasteiger charge is 2.37. The molecular formula is C16H30N6. The molecule has 0 atom stereocenters. The van der Waals surface area contributed by atoms with Gasteiger partial charge in [0, 0.05) is 20.1 Å². The molecule has 0 aliphatic heterocycles. The van der Waals surface area contributed by atoms with E-state index >= 15 is 0 Å². The first-order valence-corrected chi connectivity index (χ1v) is 8.40. The van der Waals surface area contributed by atoms with E-state index in [9.17, 15) is 0 Å². The van der Waals surface area contributed by atoms with E-state index in [1.807, 2.05) is 11.6 Å². The monoisotopic (exact) mass is 306 g/mol. The lowest BCUT2D eigenvalue weighted by molar-refractivity contribution is 0.104. The molecule has 0 radical (unpaired) electrons. The summed E-state index contributed by atoms with van der Waals surface area (Å²) in [7, 11) is 1.82. The lowest BCUT2D eigenvalue weighted by Gasteiger charge is -2.43. The molecule has 1 saturated carbocycles. The summed E-state index contributed by atoms with van der Waals surface area (Å²) in [6.07, 6.45) is 7.08. The fourth-order valence-corrected chi connectivity index (χ4v) is 3.33. The highest BCUT2D eigenvalue weighted by molar-refractivity contribution is 5.79. The van der Waals surface area contributed by atoms with Crippen LogP contribution in [0.15, 0.2) is 11.3 Å². The third kappa shape index (κ3) is 4.21. The Morgan fingerprint density at radius 2 is 2.18 bits per heavy atom. The molecule has 1 aromatic heterocycles. The Labute approximate surface area is 133 Å². The summed E-state index contributed by atoms with van der Waals surface area (Å²) in [5.74, 6) is 2.53. The van der Waals surface area contributed by atoms with Crippen LogP contribution in [0.1, 0.15) is 52.3 Å². The normalized spacial score (nSPS) is 17.4. The maximum atomic E-state index is 4.32. The topological polar surface area (TPSA) is 67.1 Å². The van der Waals surface area contributed by atoms with Crippen molar-refractivity contribution >= 4 is 5.96 Å². The molecule has 0 unspecified atom stereocenters. The van der Waals surface area contributed by atoms with Crippen LogP contribution >= 0.6 is 0 Å². The number of hydrogen-bond donors (Lipinski definition) is 2. The average molecular weight is 306 g/mol. The van der Waals surface area contributed by atoms with Crippen molar-refractivity contribution in [3.63, 3.8) is 0 Å². The molecule has 0 aromatic carbocycles. The molecule has 2 N–H and O–H groups in total. The summed E-state index contributed by atoms with van der Waals surface area (Å²) < 4.78 is 2.03. The molecule has 6 nitrogen and oxygen atoms in total. The van der Waals surface area contributed by atoms with E-state index in [0.29, 0.717) is 12.0 Å². The molecule has 1 aliphatic rings. The second-order valence-corrected chi connectivity index (χ2v) is 6.76. The number of aromatic nitrogens is 3. The molecule has 22 heavy (non-hydrogen) atoms. The van der Waals surface area contributed by atoms with Crippen molar-refractivity contribution < 1.29 is 0 Å². The van der Waals surface area contributed by atoms with Crippen LogP contribution in [0.2, 0.25) is 0 Å². The van der Waals surface area contributed by atoms with Gasteiger partial charge in [-0.2, -0.15) is 0 Å². The molecule has 1 aliphatic carbocycles. The minimum Gasteiger partial charge on any atom is -0.356 e. The van der Waals surface area contributed by atoms with Crippen molar-refractivity contribution in [2.75, 3.05) is 13.6 Å². The van der Waals surface area contributed by atoms with Crippen LogP contribution in [0, 0.1) is 11.3 Å². The van der Waals surface area contributed by atoms with Crippen LogP contribution in [0.25, 0.3) is 0 Å². The summed E-state index contributed by atoms with van der Waals surface area (Å²) in [6.45, 7) is 9.24. The molecule has 1 fully saturated rings. The van der Waals surface area contributed by atoms with E-state index in [1.165, 1.54) is 25.7 Å². The van der Waals surface area contributed by atoms with E-state index < -0.39 is 0 Å². The minimum atomic E-state index is 0.467. The summed E-state index contributed by atoms with van der Waals surface area (Å²) in [5.41, 5.74) is 0.467. The van der Waals surface area contributed by atoms with E-state index in [1.54, 1.807) is 6.33 Å². The summed E-state index contributed by atoms with van der Waals surface area (Å²) >= 11 is 0. The quantitative estimate of drug-likeness (QED) is 0.598. The number of rotatable bonds is 7. The molecule has 0 saturated heterocycles. The Kier molecular flexibility index (Phi) is 5.80. The average Bonchev–Trinajstić information content (AvgIpc) is 2.91. The first kappa shape index (κ1) is 16.8. The Morgan fingerprint density at radius 1 is 1.41 bits per heavy atom. The van der Waals surface area contributed by atoms with Gasteiger partial charge in [-0.3, -0.25) is 4.99 Å². The van der Waals surface area contributed by atoms with Gasteiger partial charge in [0.15, 0.2) is 11.8 Å². The van der Waals surface area contributed by atoms with Crippen LogP contribution in [0.4, 0.5) is 0 Å².